The van der Waals surface area contributed by atoms with Crippen molar-refractivity contribution >= 4 is 68.1 Å². The van der Waals surface area contributed by atoms with E-state index in [0.717, 1.165) is 48.4 Å². The number of fused-ring (bicyclic) bond motifs is 4. The summed E-state index contributed by atoms with van der Waals surface area (Å²) in [4.78, 5) is 45.9. The minimum Gasteiger partial charge on any atom is -0.474 e. The Bertz CT molecular complexity index is 2690. The fraction of sp³-hybridized carbons (Fsp3) is 0.348. The molecule has 2 amide bonds. The number of benzene rings is 2. The van der Waals surface area contributed by atoms with E-state index in [1.165, 1.54) is 12.4 Å². The van der Waals surface area contributed by atoms with Crippen LogP contribution in [0.5, 0.6) is 11.8 Å². The van der Waals surface area contributed by atoms with Gasteiger partial charge in [-0.3, -0.25) is 10.6 Å². The number of halogens is 2. The molecule has 2 aromatic carbocycles. The molecular weight excluding hydrogens is 855 g/mol. The summed E-state index contributed by atoms with van der Waals surface area (Å²) in [5, 5.41) is 14.0. The molecule has 2 saturated heterocycles. The molecule has 0 saturated carbocycles. The number of nitrogen functional groups attached to an aromatic ring is 2. The standard InChI is InChI=1S/2C23H25FN6O3/c2*1-12-16(9-28-22-21(12)26-4-6-32-22)15-7-13-8-18(27-10-17(13)20(25)19(15)24)29-23(31)33-14-3-5-30(2)11-14/h2*7-10,14,26H,3-6,11,25H2,1-2H3,(H,27,29,31)/t2*14-/m10/s1. The number of nitrogens with zero attached hydrogens (tertiary/aromatic N) is 6. The first-order chi connectivity index (χ1) is 31.8. The number of nitrogens with two attached hydrogens (primary N) is 2. The van der Waals surface area contributed by atoms with Gasteiger partial charge in [0.2, 0.25) is 11.8 Å². The Kier molecular flexibility index (Phi) is 12.2. The minimum absolute atomic E-state index is 0.0144. The number of hydrogen-bond acceptors (Lipinski definition) is 16. The predicted octanol–water partition coefficient (Wildman–Crippen LogP) is 6.77. The van der Waals surface area contributed by atoms with Crippen molar-refractivity contribution in [2.75, 3.05) is 99.3 Å². The molecule has 4 aliphatic heterocycles. The Hall–Kier alpha value is -7.32. The van der Waals surface area contributed by atoms with Gasteiger partial charge in [0.15, 0.2) is 11.6 Å². The molecule has 0 unspecified atom stereocenters. The van der Waals surface area contributed by atoms with Gasteiger partial charge in [0, 0.05) is 97.1 Å². The van der Waals surface area contributed by atoms with Crippen molar-refractivity contribution in [3.63, 3.8) is 0 Å². The summed E-state index contributed by atoms with van der Waals surface area (Å²) in [5.41, 5.74) is 17.2. The molecule has 66 heavy (non-hydrogen) atoms. The summed E-state index contributed by atoms with van der Waals surface area (Å²) in [7, 11) is 3.96. The molecule has 2 atom stereocenters. The van der Waals surface area contributed by atoms with Gasteiger partial charge in [0.1, 0.15) is 48.4 Å². The summed E-state index contributed by atoms with van der Waals surface area (Å²) < 4.78 is 52.6. The van der Waals surface area contributed by atoms with Crippen LogP contribution in [0.4, 0.5) is 52.8 Å². The molecule has 0 bridgehead atoms. The zero-order chi connectivity index (χ0) is 46.2. The van der Waals surface area contributed by atoms with Crippen molar-refractivity contribution in [2.24, 2.45) is 0 Å². The van der Waals surface area contributed by atoms with E-state index in [0.29, 0.717) is 107 Å². The largest absolute Gasteiger partial charge is 0.474 e. The SMILES string of the molecule is Cc1c(-c2cc3cc(NC(=O)O[C@@H]4CCN(C)C4)ncc3c(N)c2F)cnc2c1NCCO2.Cc1c(-c2cc3cc(NC(=O)O[C@H]4CCN(C)C4)ncc3c(N)c2F)cnc2c1NCCO2. The molecule has 8 N–H and O–H groups in total. The quantitative estimate of drug-likeness (QED) is 0.0948. The number of rotatable bonds is 6. The van der Waals surface area contributed by atoms with E-state index in [1.807, 2.05) is 27.9 Å². The van der Waals surface area contributed by atoms with Gasteiger partial charge in [-0.1, -0.05) is 0 Å². The molecule has 8 heterocycles. The van der Waals surface area contributed by atoms with Crippen LogP contribution in [0.2, 0.25) is 0 Å². The normalized spacial score (nSPS) is 17.8. The average molecular weight is 905 g/mol. The van der Waals surface area contributed by atoms with Crippen molar-refractivity contribution in [3.05, 3.63) is 71.8 Å². The molecule has 0 radical (unpaired) electrons. The van der Waals surface area contributed by atoms with Gasteiger partial charge in [-0.15, -0.1) is 0 Å². The fourth-order valence-electron chi connectivity index (χ4n) is 8.66. The van der Waals surface area contributed by atoms with Crippen LogP contribution in [0, 0.1) is 25.5 Å². The Morgan fingerprint density at radius 1 is 0.667 bits per heavy atom. The topological polar surface area (TPSA) is 229 Å². The number of amides is 2. The highest BCUT2D eigenvalue weighted by Crippen LogP contribution is 2.41. The van der Waals surface area contributed by atoms with E-state index in [4.69, 9.17) is 30.4 Å². The lowest BCUT2D eigenvalue weighted by Crippen LogP contribution is -2.25. The summed E-state index contributed by atoms with van der Waals surface area (Å²) in [6.45, 7) is 9.29. The van der Waals surface area contributed by atoms with Crippen LogP contribution in [0.25, 0.3) is 43.8 Å². The lowest BCUT2D eigenvalue weighted by Gasteiger charge is -2.22. The first-order valence-corrected chi connectivity index (χ1v) is 21.6. The van der Waals surface area contributed by atoms with Crippen LogP contribution in [0.1, 0.15) is 24.0 Å². The second-order valence-corrected chi connectivity index (χ2v) is 16.8. The molecule has 18 nitrogen and oxygen atoms in total. The van der Waals surface area contributed by atoms with E-state index < -0.39 is 23.8 Å². The predicted molar refractivity (Wildman–Crippen MR) is 248 cm³/mol. The second kappa shape index (κ2) is 18.3. The van der Waals surface area contributed by atoms with Gasteiger partial charge in [-0.05, 0) is 86.9 Å². The zero-order valence-electron chi connectivity index (χ0n) is 36.9. The summed E-state index contributed by atoms with van der Waals surface area (Å²) in [6, 6.07) is 6.68. The van der Waals surface area contributed by atoms with Crippen molar-refractivity contribution < 1.29 is 37.3 Å². The van der Waals surface area contributed by atoms with E-state index in [9.17, 15) is 9.59 Å². The van der Waals surface area contributed by atoms with E-state index in [-0.39, 0.29) is 23.6 Å². The number of anilines is 6. The Morgan fingerprint density at radius 3 is 1.48 bits per heavy atom. The molecule has 2 fully saturated rings. The third-order valence-corrected chi connectivity index (χ3v) is 12.2. The fourth-order valence-corrected chi connectivity index (χ4v) is 8.66. The van der Waals surface area contributed by atoms with Gasteiger partial charge in [-0.25, -0.2) is 38.3 Å². The van der Waals surface area contributed by atoms with Crippen LogP contribution in [0.3, 0.4) is 0 Å². The first-order valence-electron chi connectivity index (χ1n) is 21.6. The van der Waals surface area contributed by atoms with Crippen LogP contribution >= 0.6 is 0 Å². The van der Waals surface area contributed by atoms with Gasteiger partial charge in [0.05, 0.1) is 11.4 Å². The molecule has 20 heteroatoms. The molecule has 10 rings (SSSR count). The number of pyridine rings is 4. The highest BCUT2D eigenvalue weighted by molar-refractivity contribution is 6.01. The Balaban J connectivity index is 0.000000166. The highest BCUT2D eigenvalue weighted by atomic mass is 19.1. The summed E-state index contributed by atoms with van der Waals surface area (Å²) >= 11 is 0. The van der Waals surface area contributed by atoms with Gasteiger partial charge in [0.25, 0.3) is 0 Å². The smallest absolute Gasteiger partial charge is 0.413 e. The highest BCUT2D eigenvalue weighted by Gasteiger charge is 2.26. The van der Waals surface area contributed by atoms with Crippen LogP contribution in [0.15, 0.2) is 49.1 Å². The molecule has 4 aromatic heterocycles. The van der Waals surface area contributed by atoms with E-state index in [2.05, 4.69) is 51.0 Å². The van der Waals surface area contributed by atoms with Crippen molar-refractivity contribution in [1.29, 1.82) is 0 Å². The maximum atomic E-state index is 15.3. The number of likely N-dealkylation sites (N-methyl/N-ethyl adjacent to an activating group) is 2. The number of hydrogen-bond donors (Lipinski definition) is 6. The van der Waals surface area contributed by atoms with E-state index >= 15 is 8.78 Å². The lowest BCUT2D eigenvalue weighted by atomic mass is 9.97. The average Bonchev–Trinajstić information content (AvgIpc) is 3.92. The monoisotopic (exact) mass is 904 g/mol. The van der Waals surface area contributed by atoms with Gasteiger partial charge < -0.3 is 50.8 Å². The summed E-state index contributed by atoms with van der Waals surface area (Å²) in [5.74, 6) is 0.503. The van der Waals surface area contributed by atoms with Crippen LogP contribution in [-0.4, -0.2) is 121 Å². The maximum absolute atomic E-state index is 15.3. The number of ether oxygens (including phenoxy) is 4. The third-order valence-electron chi connectivity index (χ3n) is 12.2. The molecule has 6 aromatic rings. The summed E-state index contributed by atoms with van der Waals surface area (Å²) in [6.07, 6.45) is 6.21. The zero-order valence-corrected chi connectivity index (χ0v) is 36.9. The Labute approximate surface area is 378 Å². The molecule has 4 aliphatic rings. The minimum atomic E-state index is -0.571. The number of nitrogens with one attached hydrogen (secondary N) is 4. The first kappa shape index (κ1) is 43.9. The maximum Gasteiger partial charge on any atom is 0.413 e. The van der Waals surface area contributed by atoms with Gasteiger partial charge in [-0.2, -0.15) is 0 Å². The van der Waals surface area contributed by atoms with E-state index in [1.54, 1.807) is 36.7 Å². The number of carbonyl (C=O) groups is 2. The van der Waals surface area contributed by atoms with Crippen LogP contribution in [-0.2, 0) is 9.47 Å². The number of aromatic nitrogens is 4. The van der Waals surface area contributed by atoms with Gasteiger partial charge >= 0.3 is 12.2 Å². The Morgan fingerprint density at radius 2 is 1.09 bits per heavy atom. The third kappa shape index (κ3) is 8.88. The van der Waals surface area contributed by atoms with Crippen molar-refractivity contribution in [3.8, 4) is 34.0 Å². The van der Waals surface area contributed by atoms with Crippen molar-refractivity contribution in [2.45, 2.75) is 38.9 Å². The lowest BCUT2D eigenvalue weighted by molar-refractivity contribution is 0.115. The molecular formula is C46H50F2N12O6. The number of carbonyl (C=O) groups excluding carboxylic acids is 2. The number of likely N-dealkylation sites (tertiary alicyclic amines) is 2. The second-order valence-electron chi connectivity index (χ2n) is 16.8. The molecule has 0 spiro atoms. The van der Waals surface area contributed by atoms with Crippen molar-refractivity contribution in [1.82, 2.24) is 29.7 Å². The molecule has 0 aliphatic carbocycles. The molecule has 344 valence electrons. The van der Waals surface area contributed by atoms with Crippen LogP contribution < -0.4 is 42.2 Å².